The van der Waals surface area contributed by atoms with Crippen molar-refractivity contribution in [2.24, 2.45) is 0 Å². The molecular formula is C11H13BrO4. The van der Waals surface area contributed by atoms with Crippen LogP contribution in [0.15, 0.2) is 28.7 Å². The van der Waals surface area contributed by atoms with Crippen molar-refractivity contribution in [3.63, 3.8) is 0 Å². The third kappa shape index (κ3) is 3.30. The molecule has 1 aromatic carbocycles. The van der Waals surface area contributed by atoms with Crippen LogP contribution in [0.2, 0.25) is 0 Å². The molecule has 0 aliphatic carbocycles. The van der Waals surface area contributed by atoms with E-state index in [-0.39, 0.29) is 6.61 Å². The van der Waals surface area contributed by atoms with E-state index >= 15 is 0 Å². The number of hydrogen-bond acceptors (Lipinski definition) is 4. The van der Waals surface area contributed by atoms with Gasteiger partial charge in [-0.15, -0.1) is 0 Å². The maximum Gasteiger partial charge on any atom is 0.338 e. The molecule has 2 atom stereocenters. The van der Waals surface area contributed by atoms with Gasteiger partial charge in [-0.05, 0) is 24.6 Å². The monoisotopic (exact) mass is 288 g/mol. The van der Waals surface area contributed by atoms with Gasteiger partial charge in [-0.25, -0.2) is 4.79 Å². The summed E-state index contributed by atoms with van der Waals surface area (Å²) in [5.41, 5.74) is 0.454. The van der Waals surface area contributed by atoms with Crippen LogP contribution in [-0.2, 0) is 9.53 Å². The Morgan fingerprint density at radius 1 is 1.50 bits per heavy atom. The minimum absolute atomic E-state index is 0.168. The number of carbonyl (C=O) groups excluding carboxylic acids is 1. The van der Waals surface area contributed by atoms with E-state index in [1.807, 2.05) is 0 Å². The zero-order valence-corrected chi connectivity index (χ0v) is 10.3. The second kappa shape index (κ2) is 5.98. The van der Waals surface area contributed by atoms with E-state index in [0.29, 0.717) is 5.56 Å². The standard InChI is InChI=1S/C11H13BrO4/c1-2-16-11(15)10(14)9(13)7-4-3-5-8(12)6-7/h3-6,9-10,13-14H,2H2,1H3/t9-,10-/m0/s1. The number of halogens is 1. The van der Waals surface area contributed by atoms with Gasteiger partial charge in [0.2, 0.25) is 0 Å². The zero-order valence-electron chi connectivity index (χ0n) is 8.76. The van der Waals surface area contributed by atoms with Gasteiger partial charge < -0.3 is 14.9 Å². The first-order chi connectivity index (χ1) is 7.56. The Morgan fingerprint density at radius 3 is 2.75 bits per heavy atom. The van der Waals surface area contributed by atoms with E-state index in [2.05, 4.69) is 20.7 Å². The van der Waals surface area contributed by atoms with E-state index in [1.165, 1.54) is 0 Å². The number of hydrogen-bond donors (Lipinski definition) is 2. The van der Waals surface area contributed by atoms with Crippen LogP contribution in [0.1, 0.15) is 18.6 Å². The highest BCUT2D eigenvalue weighted by atomic mass is 79.9. The smallest absolute Gasteiger partial charge is 0.338 e. The average Bonchev–Trinajstić information content (AvgIpc) is 2.27. The molecule has 0 saturated heterocycles. The summed E-state index contributed by atoms with van der Waals surface area (Å²) in [6.07, 6.45) is -2.84. The molecular weight excluding hydrogens is 276 g/mol. The number of carbonyl (C=O) groups is 1. The van der Waals surface area contributed by atoms with Crippen LogP contribution in [0.25, 0.3) is 0 Å². The molecule has 1 aromatic rings. The predicted molar refractivity (Wildman–Crippen MR) is 61.7 cm³/mol. The van der Waals surface area contributed by atoms with Crippen molar-refractivity contribution in [2.45, 2.75) is 19.1 Å². The van der Waals surface area contributed by atoms with Crippen LogP contribution in [0.5, 0.6) is 0 Å². The van der Waals surface area contributed by atoms with Gasteiger partial charge in [0.05, 0.1) is 6.61 Å². The molecule has 88 valence electrons. The van der Waals surface area contributed by atoms with Crippen molar-refractivity contribution in [3.05, 3.63) is 34.3 Å². The highest BCUT2D eigenvalue weighted by molar-refractivity contribution is 9.10. The summed E-state index contributed by atoms with van der Waals surface area (Å²) in [7, 11) is 0. The summed E-state index contributed by atoms with van der Waals surface area (Å²) in [5, 5.41) is 19.3. The highest BCUT2D eigenvalue weighted by Gasteiger charge is 2.26. The molecule has 0 aromatic heterocycles. The lowest BCUT2D eigenvalue weighted by Crippen LogP contribution is -2.29. The van der Waals surface area contributed by atoms with Crippen molar-refractivity contribution < 1.29 is 19.7 Å². The van der Waals surface area contributed by atoms with Gasteiger partial charge in [0.1, 0.15) is 6.10 Å². The maximum atomic E-state index is 11.2. The Kier molecular flexibility index (Phi) is 4.92. The van der Waals surface area contributed by atoms with E-state index < -0.39 is 18.2 Å². The largest absolute Gasteiger partial charge is 0.464 e. The molecule has 1 rings (SSSR count). The third-order valence-electron chi connectivity index (χ3n) is 2.02. The molecule has 0 heterocycles. The molecule has 16 heavy (non-hydrogen) atoms. The van der Waals surface area contributed by atoms with Crippen molar-refractivity contribution in [1.82, 2.24) is 0 Å². The molecule has 0 unspecified atom stereocenters. The quantitative estimate of drug-likeness (QED) is 0.822. The Labute approximate surface area is 102 Å². The molecule has 0 aliphatic rings. The Bertz CT molecular complexity index is 367. The number of ether oxygens (including phenoxy) is 1. The fraction of sp³-hybridized carbons (Fsp3) is 0.364. The van der Waals surface area contributed by atoms with Gasteiger partial charge >= 0.3 is 5.97 Å². The lowest BCUT2D eigenvalue weighted by atomic mass is 10.0. The van der Waals surface area contributed by atoms with Crippen LogP contribution >= 0.6 is 15.9 Å². The summed E-state index contributed by atoms with van der Waals surface area (Å²) >= 11 is 3.24. The number of esters is 1. The number of aliphatic hydroxyl groups excluding tert-OH is 2. The van der Waals surface area contributed by atoms with Gasteiger partial charge in [0.15, 0.2) is 6.10 Å². The second-order valence-electron chi connectivity index (χ2n) is 3.20. The van der Waals surface area contributed by atoms with Crippen LogP contribution < -0.4 is 0 Å². The van der Waals surface area contributed by atoms with Gasteiger partial charge in [-0.2, -0.15) is 0 Å². The summed E-state index contributed by atoms with van der Waals surface area (Å²) < 4.78 is 5.38. The SMILES string of the molecule is CCOC(=O)[C@@H](O)[C@@H](O)c1cccc(Br)c1. The molecule has 0 radical (unpaired) electrons. The summed E-state index contributed by atoms with van der Waals surface area (Å²) in [6.45, 7) is 1.80. The minimum atomic E-state index is -1.56. The van der Waals surface area contributed by atoms with Gasteiger partial charge in [-0.1, -0.05) is 28.1 Å². The fourth-order valence-corrected chi connectivity index (χ4v) is 1.65. The van der Waals surface area contributed by atoms with Crippen LogP contribution in [0, 0.1) is 0 Å². The lowest BCUT2D eigenvalue weighted by molar-refractivity contribution is -0.159. The molecule has 5 heteroatoms. The van der Waals surface area contributed by atoms with E-state index in [9.17, 15) is 15.0 Å². The van der Waals surface area contributed by atoms with E-state index in [1.54, 1.807) is 31.2 Å². The third-order valence-corrected chi connectivity index (χ3v) is 2.51. The normalized spacial score (nSPS) is 14.2. The van der Waals surface area contributed by atoms with Gasteiger partial charge in [-0.3, -0.25) is 0 Å². The predicted octanol–water partition coefficient (Wildman–Crippen LogP) is 1.41. The summed E-state index contributed by atoms with van der Waals surface area (Å²) in [5.74, 6) is -0.824. The minimum Gasteiger partial charge on any atom is -0.464 e. The summed E-state index contributed by atoms with van der Waals surface area (Å²) in [6, 6.07) is 6.75. The number of rotatable bonds is 4. The van der Waals surface area contributed by atoms with Gasteiger partial charge in [0.25, 0.3) is 0 Å². The van der Waals surface area contributed by atoms with E-state index in [0.717, 1.165) is 4.47 Å². The Hall–Kier alpha value is -0.910. The zero-order chi connectivity index (χ0) is 12.1. The first-order valence-corrected chi connectivity index (χ1v) is 5.63. The number of benzene rings is 1. The first kappa shape index (κ1) is 13.2. The fourth-order valence-electron chi connectivity index (χ4n) is 1.23. The average molecular weight is 289 g/mol. The van der Waals surface area contributed by atoms with Gasteiger partial charge in [0, 0.05) is 4.47 Å². The Balaban J connectivity index is 2.77. The molecule has 0 aliphatic heterocycles. The topological polar surface area (TPSA) is 66.8 Å². The maximum absolute atomic E-state index is 11.2. The molecule has 0 saturated carbocycles. The van der Waals surface area contributed by atoms with Crippen LogP contribution in [0.3, 0.4) is 0 Å². The second-order valence-corrected chi connectivity index (χ2v) is 4.11. The molecule has 0 fully saturated rings. The highest BCUT2D eigenvalue weighted by Crippen LogP contribution is 2.21. The van der Waals surface area contributed by atoms with Crippen LogP contribution in [0.4, 0.5) is 0 Å². The van der Waals surface area contributed by atoms with Crippen molar-refractivity contribution >= 4 is 21.9 Å². The first-order valence-electron chi connectivity index (χ1n) is 4.84. The molecule has 0 amide bonds. The summed E-state index contributed by atoms with van der Waals surface area (Å²) in [4.78, 5) is 11.2. The van der Waals surface area contributed by atoms with Crippen molar-refractivity contribution in [1.29, 1.82) is 0 Å². The molecule has 0 bridgehead atoms. The van der Waals surface area contributed by atoms with Crippen molar-refractivity contribution in [3.8, 4) is 0 Å². The van der Waals surface area contributed by atoms with Crippen LogP contribution in [-0.4, -0.2) is 28.9 Å². The molecule has 0 spiro atoms. The van der Waals surface area contributed by atoms with E-state index in [4.69, 9.17) is 0 Å². The molecule has 2 N–H and O–H groups in total. The lowest BCUT2D eigenvalue weighted by Gasteiger charge is -2.16. The Morgan fingerprint density at radius 2 is 2.19 bits per heavy atom. The molecule has 4 nitrogen and oxygen atoms in total. The number of aliphatic hydroxyl groups is 2. The van der Waals surface area contributed by atoms with Crippen molar-refractivity contribution in [2.75, 3.05) is 6.61 Å².